The van der Waals surface area contributed by atoms with Crippen molar-refractivity contribution in [3.8, 4) is 0 Å². The van der Waals surface area contributed by atoms with Crippen molar-refractivity contribution in [2.45, 2.75) is 26.2 Å². The summed E-state index contributed by atoms with van der Waals surface area (Å²) in [7, 11) is -3.46. The number of esters is 1. The SMILES string of the molecule is CCOC(=O)C1CCN(S(=O)(=O)N2CCC(CO)C2)CC1. The molecule has 0 aromatic carbocycles. The van der Waals surface area contributed by atoms with E-state index in [-0.39, 0.29) is 24.4 Å². The summed E-state index contributed by atoms with van der Waals surface area (Å²) < 4.78 is 32.9. The summed E-state index contributed by atoms with van der Waals surface area (Å²) in [5.41, 5.74) is 0. The van der Waals surface area contributed by atoms with Gasteiger partial charge in [0.25, 0.3) is 10.2 Å². The van der Waals surface area contributed by atoms with Gasteiger partial charge in [-0.05, 0) is 32.1 Å². The van der Waals surface area contributed by atoms with E-state index < -0.39 is 10.2 Å². The lowest BCUT2D eigenvalue weighted by Crippen LogP contribution is -2.47. The number of carbonyl (C=O) groups excluding carboxylic acids is 1. The molecule has 1 atom stereocenters. The van der Waals surface area contributed by atoms with Gasteiger partial charge < -0.3 is 9.84 Å². The van der Waals surface area contributed by atoms with E-state index in [0.29, 0.717) is 52.0 Å². The fourth-order valence-corrected chi connectivity index (χ4v) is 4.64. The normalized spacial score (nSPS) is 26.1. The Hall–Kier alpha value is -0.700. The Morgan fingerprint density at radius 1 is 1.19 bits per heavy atom. The second-order valence-electron chi connectivity index (χ2n) is 5.63. The highest BCUT2D eigenvalue weighted by Gasteiger charge is 2.38. The Labute approximate surface area is 126 Å². The molecule has 0 bridgehead atoms. The zero-order chi connectivity index (χ0) is 15.5. The van der Waals surface area contributed by atoms with E-state index in [1.54, 1.807) is 6.92 Å². The van der Waals surface area contributed by atoms with Crippen LogP contribution in [-0.4, -0.2) is 67.5 Å². The first-order chi connectivity index (χ1) is 9.98. The molecular weight excluding hydrogens is 296 g/mol. The molecule has 122 valence electrons. The first kappa shape index (κ1) is 16.7. The molecule has 2 aliphatic heterocycles. The van der Waals surface area contributed by atoms with Crippen LogP contribution >= 0.6 is 0 Å². The molecule has 0 aromatic rings. The number of nitrogens with zero attached hydrogens (tertiary/aromatic N) is 2. The number of rotatable bonds is 5. The van der Waals surface area contributed by atoms with Gasteiger partial charge in [-0.2, -0.15) is 17.0 Å². The maximum atomic E-state index is 12.5. The highest BCUT2D eigenvalue weighted by molar-refractivity contribution is 7.86. The first-order valence-corrected chi connectivity index (χ1v) is 8.91. The van der Waals surface area contributed by atoms with Crippen LogP contribution in [0.5, 0.6) is 0 Å². The van der Waals surface area contributed by atoms with Crippen molar-refractivity contribution in [2.24, 2.45) is 11.8 Å². The Balaban J connectivity index is 1.90. The lowest BCUT2D eigenvalue weighted by molar-refractivity contribution is -0.149. The van der Waals surface area contributed by atoms with Gasteiger partial charge in [-0.25, -0.2) is 0 Å². The molecule has 0 radical (unpaired) electrons. The third-order valence-corrected chi connectivity index (χ3v) is 6.24. The molecule has 0 amide bonds. The fourth-order valence-electron chi connectivity index (χ4n) is 2.90. The van der Waals surface area contributed by atoms with Gasteiger partial charge in [-0.1, -0.05) is 0 Å². The summed E-state index contributed by atoms with van der Waals surface area (Å²) >= 11 is 0. The monoisotopic (exact) mass is 320 g/mol. The second-order valence-corrected chi connectivity index (χ2v) is 7.56. The molecule has 2 heterocycles. The standard InChI is InChI=1S/C13H24N2O5S/c1-2-20-13(17)12-4-7-14(8-5-12)21(18,19)15-6-3-11(9-15)10-16/h11-12,16H,2-10H2,1H3. The average molecular weight is 320 g/mol. The van der Waals surface area contributed by atoms with Gasteiger partial charge >= 0.3 is 5.97 Å². The van der Waals surface area contributed by atoms with Crippen molar-refractivity contribution in [3.05, 3.63) is 0 Å². The van der Waals surface area contributed by atoms with Crippen molar-refractivity contribution in [3.63, 3.8) is 0 Å². The number of piperidine rings is 1. The van der Waals surface area contributed by atoms with Crippen LogP contribution in [0.1, 0.15) is 26.2 Å². The quantitative estimate of drug-likeness (QED) is 0.710. The lowest BCUT2D eigenvalue weighted by Gasteiger charge is -2.32. The zero-order valence-corrected chi connectivity index (χ0v) is 13.2. The summed E-state index contributed by atoms with van der Waals surface area (Å²) in [6.07, 6.45) is 1.72. The molecule has 2 aliphatic rings. The van der Waals surface area contributed by atoms with Crippen LogP contribution < -0.4 is 0 Å². The molecule has 0 saturated carbocycles. The van der Waals surface area contributed by atoms with E-state index in [1.165, 1.54) is 8.61 Å². The van der Waals surface area contributed by atoms with E-state index in [2.05, 4.69) is 0 Å². The number of carbonyl (C=O) groups is 1. The molecule has 21 heavy (non-hydrogen) atoms. The van der Waals surface area contributed by atoms with Gasteiger partial charge in [-0.15, -0.1) is 0 Å². The molecule has 7 nitrogen and oxygen atoms in total. The van der Waals surface area contributed by atoms with Crippen molar-refractivity contribution in [2.75, 3.05) is 39.4 Å². The van der Waals surface area contributed by atoms with Crippen LogP contribution in [0.25, 0.3) is 0 Å². The minimum Gasteiger partial charge on any atom is -0.466 e. The largest absolute Gasteiger partial charge is 0.466 e. The van der Waals surface area contributed by atoms with E-state index >= 15 is 0 Å². The average Bonchev–Trinajstić information content (AvgIpc) is 2.97. The van der Waals surface area contributed by atoms with Crippen LogP contribution in [0.15, 0.2) is 0 Å². The first-order valence-electron chi connectivity index (χ1n) is 7.51. The summed E-state index contributed by atoms with van der Waals surface area (Å²) in [5.74, 6) is -0.381. The summed E-state index contributed by atoms with van der Waals surface area (Å²) in [6, 6.07) is 0. The maximum absolute atomic E-state index is 12.5. The van der Waals surface area contributed by atoms with Crippen LogP contribution in [-0.2, 0) is 19.7 Å². The molecule has 2 fully saturated rings. The van der Waals surface area contributed by atoms with Crippen molar-refractivity contribution in [1.82, 2.24) is 8.61 Å². The topological polar surface area (TPSA) is 87.2 Å². The molecule has 0 aliphatic carbocycles. The maximum Gasteiger partial charge on any atom is 0.309 e. The van der Waals surface area contributed by atoms with Crippen LogP contribution in [0.2, 0.25) is 0 Å². The lowest BCUT2D eigenvalue weighted by atomic mass is 9.98. The highest BCUT2D eigenvalue weighted by Crippen LogP contribution is 2.26. The van der Waals surface area contributed by atoms with Crippen molar-refractivity contribution < 1.29 is 23.1 Å². The number of hydrogen-bond donors (Lipinski definition) is 1. The Morgan fingerprint density at radius 2 is 1.81 bits per heavy atom. The van der Waals surface area contributed by atoms with E-state index in [4.69, 9.17) is 9.84 Å². The third-order valence-electron chi connectivity index (χ3n) is 4.23. The number of ether oxygens (including phenoxy) is 1. The van der Waals surface area contributed by atoms with Gasteiger partial charge in [-0.3, -0.25) is 4.79 Å². The smallest absolute Gasteiger partial charge is 0.309 e. The minimum absolute atomic E-state index is 0.0248. The molecular formula is C13H24N2O5S. The molecule has 1 N–H and O–H groups in total. The van der Waals surface area contributed by atoms with Gasteiger partial charge in [0.1, 0.15) is 0 Å². The summed E-state index contributed by atoms with van der Waals surface area (Å²) in [6.45, 7) is 3.70. The van der Waals surface area contributed by atoms with Crippen molar-refractivity contribution >= 4 is 16.2 Å². The molecule has 0 spiro atoms. The second kappa shape index (κ2) is 7.04. The Morgan fingerprint density at radius 3 is 2.33 bits per heavy atom. The summed E-state index contributed by atoms with van der Waals surface area (Å²) in [4.78, 5) is 11.7. The summed E-state index contributed by atoms with van der Waals surface area (Å²) in [5, 5.41) is 9.12. The molecule has 1 unspecified atom stereocenters. The fraction of sp³-hybridized carbons (Fsp3) is 0.923. The predicted molar refractivity (Wildman–Crippen MR) is 76.6 cm³/mol. The van der Waals surface area contributed by atoms with Gasteiger partial charge in [0.15, 0.2) is 0 Å². The van der Waals surface area contributed by atoms with Gasteiger partial charge in [0.2, 0.25) is 0 Å². The van der Waals surface area contributed by atoms with Crippen molar-refractivity contribution in [1.29, 1.82) is 0 Å². The van der Waals surface area contributed by atoms with Gasteiger partial charge in [0.05, 0.1) is 12.5 Å². The number of aliphatic hydroxyl groups excluding tert-OH is 1. The number of aliphatic hydroxyl groups is 1. The zero-order valence-electron chi connectivity index (χ0n) is 12.4. The van der Waals surface area contributed by atoms with Crippen LogP contribution in [0.3, 0.4) is 0 Å². The molecule has 8 heteroatoms. The van der Waals surface area contributed by atoms with E-state index in [1.807, 2.05) is 0 Å². The Bertz CT molecular complexity index is 459. The molecule has 2 saturated heterocycles. The predicted octanol–water partition coefficient (Wildman–Crippen LogP) is -0.179. The van der Waals surface area contributed by atoms with Gasteiger partial charge in [0, 0.05) is 32.8 Å². The minimum atomic E-state index is -3.46. The number of hydrogen-bond acceptors (Lipinski definition) is 5. The van der Waals surface area contributed by atoms with E-state index in [0.717, 1.165) is 0 Å². The van der Waals surface area contributed by atoms with E-state index in [9.17, 15) is 13.2 Å². The molecule has 2 rings (SSSR count). The highest BCUT2D eigenvalue weighted by atomic mass is 32.2. The third kappa shape index (κ3) is 3.74. The van der Waals surface area contributed by atoms with Crippen LogP contribution in [0.4, 0.5) is 0 Å². The molecule has 0 aromatic heterocycles. The van der Waals surface area contributed by atoms with Crippen LogP contribution in [0, 0.1) is 11.8 Å². The Kier molecular flexibility index (Phi) is 5.59.